The van der Waals surface area contributed by atoms with Crippen LogP contribution in [0.15, 0.2) is 24.8 Å². The zero-order chi connectivity index (χ0) is 23.3. The number of carbonyl (C=O) groups is 2. The van der Waals surface area contributed by atoms with Gasteiger partial charge in [0.25, 0.3) is 5.91 Å². The summed E-state index contributed by atoms with van der Waals surface area (Å²) in [5.74, 6) is -0.417. The van der Waals surface area contributed by atoms with Gasteiger partial charge < -0.3 is 35.9 Å². The molecule has 33 heavy (non-hydrogen) atoms. The summed E-state index contributed by atoms with van der Waals surface area (Å²) in [6, 6.07) is 1.52. The molecular formula is C20H24N8O5. The van der Waals surface area contributed by atoms with Gasteiger partial charge in [-0.25, -0.2) is 9.97 Å². The van der Waals surface area contributed by atoms with Gasteiger partial charge in [0.15, 0.2) is 12.3 Å². The van der Waals surface area contributed by atoms with E-state index in [9.17, 15) is 19.8 Å². The number of hydrogen-bond acceptors (Lipinski definition) is 9. The minimum absolute atomic E-state index is 0.0717. The average molecular weight is 456 g/mol. The number of rotatable bonds is 4. The maximum atomic E-state index is 12.8. The molecule has 0 saturated carbocycles. The normalized spacial score (nSPS) is 27.6. The molecule has 5 rings (SSSR count). The first-order chi connectivity index (χ1) is 15.8. The van der Waals surface area contributed by atoms with Crippen molar-refractivity contribution >= 4 is 28.7 Å². The topological polar surface area (TPSA) is 182 Å². The number of nitrogens with two attached hydrogens (primary N) is 1. The number of aliphatic hydroxyl groups is 2. The van der Waals surface area contributed by atoms with E-state index in [1.54, 1.807) is 30.2 Å². The van der Waals surface area contributed by atoms with Gasteiger partial charge in [0, 0.05) is 44.0 Å². The number of ether oxygens (including phenoxy) is 1. The fraction of sp³-hybridized carbons (Fsp3) is 0.450. The molecule has 0 unspecified atom stereocenters. The van der Waals surface area contributed by atoms with Crippen molar-refractivity contribution in [3.8, 4) is 11.3 Å². The van der Waals surface area contributed by atoms with Gasteiger partial charge in [-0.15, -0.1) is 0 Å². The van der Waals surface area contributed by atoms with Gasteiger partial charge in [-0.2, -0.15) is 5.10 Å². The first-order valence-electron chi connectivity index (χ1n) is 10.5. The highest BCUT2D eigenvalue weighted by atomic mass is 16.6. The maximum absolute atomic E-state index is 12.8. The third kappa shape index (κ3) is 3.69. The van der Waals surface area contributed by atoms with E-state index in [0.717, 1.165) is 0 Å². The summed E-state index contributed by atoms with van der Waals surface area (Å²) < 4.78 is 9.00. The third-order valence-corrected chi connectivity index (χ3v) is 6.01. The van der Waals surface area contributed by atoms with Crippen LogP contribution in [0.4, 0.5) is 5.82 Å². The Bertz CT molecular complexity index is 1210. The Morgan fingerprint density at radius 3 is 2.85 bits per heavy atom. The lowest BCUT2D eigenvalue weighted by Crippen LogP contribution is -2.52. The average Bonchev–Trinajstić information content (AvgIpc) is 3.47. The molecule has 2 amide bonds. The van der Waals surface area contributed by atoms with E-state index < -0.39 is 30.4 Å². The lowest BCUT2D eigenvalue weighted by Gasteiger charge is -2.25. The molecule has 2 aliphatic rings. The van der Waals surface area contributed by atoms with Crippen LogP contribution in [-0.2, 0) is 21.4 Å². The summed E-state index contributed by atoms with van der Waals surface area (Å²) in [6.45, 7) is 0.297. The molecule has 0 bridgehead atoms. The van der Waals surface area contributed by atoms with Crippen LogP contribution in [-0.4, -0.2) is 77.2 Å². The van der Waals surface area contributed by atoms with Gasteiger partial charge >= 0.3 is 0 Å². The van der Waals surface area contributed by atoms with Crippen LogP contribution in [0.5, 0.6) is 0 Å². The van der Waals surface area contributed by atoms with Gasteiger partial charge in [-0.05, 0) is 12.5 Å². The van der Waals surface area contributed by atoms with Crippen molar-refractivity contribution in [3.05, 3.63) is 24.8 Å². The van der Waals surface area contributed by atoms with Crippen LogP contribution >= 0.6 is 0 Å². The van der Waals surface area contributed by atoms with Crippen LogP contribution < -0.4 is 16.4 Å². The molecule has 3 aromatic rings. The second-order valence-electron chi connectivity index (χ2n) is 8.26. The van der Waals surface area contributed by atoms with Crippen molar-refractivity contribution in [2.45, 2.75) is 43.4 Å². The predicted molar refractivity (Wildman–Crippen MR) is 114 cm³/mol. The minimum atomic E-state index is -1.47. The Hall–Kier alpha value is -3.55. The lowest BCUT2D eigenvalue weighted by molar-refractivity contribution is -0.139. The first-order valence-corrected chi connectivity index (χ1v) is 10.5. The van der Waals surface area contributed by atoms with Crippen molar-refractivity contribution in [1.29, 1.82) is 0 Å². The number of amides is 2. The molecule has 6 N–H and O–H groups in total. The molecule has 174 valence electrons. The number of nitrogens with one attached hydrogen (secondary N) is 2. The number of piperidine rings is 1. The second-order valence-corrected chi connectivity index (χ2v) is 8.26. The number of anilines is 1. The molecule has 2 aliphatic heterocycles. The summed E-state index contributed by atoms with van der Waals surface area (Å²) in [5.41, 5.74) is 7.73. The summed E-state index contributed by atoms with van der Waals surface area (Å²) in [5, 5.41) is 31.7. The molecule has 2 fully saturated rings. The summed E-state index contributed by atoms with van der Waals surface area (Å²) >= 11 is 0. The fourth-order valence-electron chi connectivity index (χ4n) is 4.30. The quantitative estimate of drug-likeness (QED) is 0.309. The smallest absolute Gasteiger partial charge is 0.252 e. The van der Waals surface area contributed by atoms with Crippen LogP contribution in [0.25, 0.3) is 22.3 Å². The third-order valence-electron chi connectivity index (χ3n) is 6.01. The molecule has 5 atom stereocenters. The van der Waals surface area contributed by atoms with Crippen molar-refractivity contribution in [3.63, 3.8) is 0 Å². The predicted octanol–water partition coefficient (Wildman–Crippen LogP) is -1.57. The van der Waals surface area contributed by atoms with Gasteiger partial charge in [0.2, 0.25) is 5.91 Å². The molecule has 3 aromatic heterocycles. The number of fused-ring (bicyclic) bond motifs is 1. The standard InChI is InChI=1S/C20H24N8O5/c1-27-5-4-11(26-27)10-7-28(18-13(10)17(21)23-8-24-18)20-15(31)14(30)16(33-20)19(32)25-9-2-3-12(29)22-6-9/h4-5,7-9,14-16,20,30-31H,2-3,6H2,1H3,(H,22,29)(H,25,32)(H2,21,23,24)/t9-,14-,15+,16-,20+/m0/s1. The zero-order valence-corrected chi connectivity index (χ0v) is 17.8. The SMILES string of the molecule is Cn1ccc(-c2cn([C@@H]3O[C@H](C(=O)N[C@H]4CCC(=O)NC4)[C@@H](O)[C@H]3O)c3ncnc(N)c23)n1. The molecule has 0 radical (unpaired) electrons. The Labute approximate surface area is 187 Å². The van der Waals surface area contributed by atoms with Gasteiger partial charge in [0.1, 0.15) is 30.0 Å². The Morgan fingerprint density at radius 1 is 1.33 bits per heavy atom. The molecule has 0 aliphatic carbocycles. The monoisotopic (exact) mass is 456 g/mol. The number of aryl methyl sites for hydroxylation is 1. The Kier molecular flexibility index (Phi) is 5.23. The van der Waals surface area contributed by atoms with Crippen LogP contribution in [0.3, 0.4) is 0 Å². The molecule has 0 aromatic carbocycles. The second kappa shape index (κ2) is 8.10. The molecule has 13 nitrogen and oxygen atoms in total. The highest BCUT2D eigenvalue weighted by Gasteiger charge is 2.48. The Balaban J connectivity index is 1.45. The minimum Gasteiger partial charge on any atom is -0.387 e. The number of nitrogens with zero attached hydrogens (tertiary/aromatic N) is 5. The number of aromatic nitrogens is 5. The Morgan fingerprint density at radius 2 is 2.15 bits per heavy atom. The van der Waals surface area contributed by atoms with Crippen molar-refractivity contribution in [2.75, 3.05) is 12.3 Å². The fourth-order valence-corrected chi connectivity index (χ4v) is 4.30. The van der Waals surface area contributed by atoms with Crippen LogP contribution in [0.2, 0.25) is 0 Å². The number of nitrogen functional groups attached to an aromatic ring is 1. The molecule has 13 heteroatoms. The van der Waals surface area contributed by atoms with E-state index in [2.05, 4.69) is 25.7 Å². The highest BCUT2D eigenvalue weighted by molar-refractivity contribution is 5.99. The van der Waals surface area contributed by atoms with Crippen molar-refractivity contribution in [2.24, 2.45) is 7.05 Å². The zero-order valence-electron chi connectivity index (χ0n) is 17.8. The van der Waals surface area contributed by atoms with E-state index >= 15 is 0 Å². The number of carbonyl (C=O) groups excluding carboxylic acids is 2. The van der Waals surface area contributed by atoms with Gasteiger partial charge in [-0.3, -0.25) is 14.3 Å². The molecule has 0 spiro atoms. The van der Waals surface area contributed by atoms with Gasteiger partial charge in [0.05, 0.1) is 11.1 Å². The van der Waals surface area contributed by atoms with E-state index in [0.29, 0.717) is 41.7 Å². The summed E-state index contributed by atoms with van der Waals surface area (Å²) in [7, 11) is 1.78. The molecule has 2 saturated heterocycles. The van der Waals surface area contributed by atoms with E-state index in [4.69, 9.17) is 10.5 Å². The largest absolute Gasteiger partial charge is 0.387 e. The van der Waals surface area contributed by atoms with E-state index in [-0.39, 0.29) is 17.8 Å². The van der Waals surface area contributed by atoms with Crippen molar-refractivity contribution in [1.82, 2.24) is 34.9 Å². The summed E-state index contributed by atoms with van der Waals surface area (Å²) in [6.07, 6.45) is 0.226. The van der Waals surface area contributed by atoms with Gasteiger partial charge in [-0.1, -0.05) is 0 Å². The first kappa shape index (κ1) is 21.3. The van der Waals surface area contributed by atoms with Crippen molar-refractivity contribution < 1.29 is 24.5 Å². The molecule has 5 heterocycles. The maximum Gasteiger partial charge on any atom is 0.252 e. The number of aliphatic hydroxyl groups excluding tert-OH is 2. The number of hydrogen-bond donors (Lipinski definition) is 5. The lowest BCUT2D eigenvalue weighted by atomic mass is 10.1. The van der Waals surface area contributed by atoms with Crippen LogP contribution in [0, 0.1) is 0 Å². The van der Waals surface area contributed by atoms with Crippen LogP contribution in [0.1, 0.15) is 19.1 Å². The van der Waals surface area contributed by atoms with E-state index in [1.807, 2.05) is 0 Å². The van der Waals surface area contributed by atoms with E-state index in [1.165, 1.54) is 10.9 Å². The molecular weight excluding hydrogens is 432 g/mol. The summed E-state index contributed by atoms with van der Waals surface area (Å²) in [4.78, 5) is 32.5. The highest BCUT2D eigenvalue weighted by Crippen LogP contribution is 2.37.